The van der Waals surface area contributed by atoms with Gasteiger partial charge in [-0.1, -0.05) is 35.9 Å². The van der Waals surface area contributed by atoms with Gasteiger partial charge in [-0.05, 0) is 74.2 Å². The molecule has 2 aliphatic rings. The van der Waals surface area contributed by atoms with Crippen LogP contribution in [0.1, 0.15) is 47.2 Å². The molecule has 2 heterocycles. The van der Waals surface area contributed by atoms with Crippen molar-refractivity contribution >= 4 is 23.4 Å². The summed E-state index contributed by atoms with van der Waals surface area (Å²) in [7, 11) is 0. The molecule has 0 spiro atoms. The molecule has 2 amide bonds. The number of amides is 2. The number of hydrogen-bond donors (Lipinski definition) is 1. The van der Waals surface area contributed by atoms with E-state index in [2.05, 4.69) is 28.4 Å². The van der Waals surface area contributed by atoms with Crippen molar-refractivity contribution in [3.05, 3.63) is 70.2 Å². The molecule has 2 fully saturated rings. The topological polar surface area (TPSA) is 52.7 Å². The molecule has 5 nitrogen and oxygen atoms in total. The van der Waals surface area contributed by atoms with Gasteiger partial charge in [-0.25, -0.2) is 0 Å². The zero-order valence-electron chi connectivity index (χ0n) is 17.9. The van der Waals surface area contributed by atoms with Gasteiger partial charge in [0.1, 0.15) is 0 Å². The van der Waals surface area contributed by atoms with Gasteiger partial charge < -0.3 is 10.2 Å². The number of carbonyl (C=O) groups is 2. The van der Waals surface area contributed by atoms with E-state index in [9.17, 15) is 9.59 Å². The summed E-state index contributed by atoms with van der Waals surface area (Å²) >= 11 is 5.93. The highest BCUT2D eigenvalue weighted by atomic mass is 35.5. The fourth-order valence-electron chi connectivity index (χ4n) is 4.54. The van der Waals surface area contributed by atoms with Crippen molar-refractivity contribution < 1.29 is 9.59 Å². The van der Waals surface area contributed by atoms with E-state index >= 15 is 0 Å². The van der Waals surface area contributed by atoms with Crippen LogP contribution in [0.2, 0.25) is 5.02 Å². The predicted octanol–water partition coefficient (Wildman–Crippen LogP) is 4.10. The Kier molecular flexibility index (Phi) is 7.25. The van der Waals surface area contributed by atoms with Gasteiger partial charge in [0, 0.05) is 36.8 Å². The molecule has 6 heteroatoms. The Labute approximate surface area is 189 Å². The SMILES string of the molecule is O=C(NCc1ccccc1CN1CCCC1)C1CCCN(C(=O)c2ccc(Cl)cc2)C1. The molecule has 0 radical (unpaired) electrons. The zero-order chi connectivity index (χ0) is 21.6. The average molecular weight is 440 g/mol. The van der Waals surface area contributed by atoms with Crippen LogP contribution >= 0.6 is 11.6 Å². The summed E-state index contributed by atoms with van der Waals surface area (Å²) < 4.78 is 0. The fourth-order valence-corrected chi connectivity index (χ4v) is 4.67. The van der Waals surface area contributed by atoms with Crippen LogP contribution in [0.3, 0.4) is 0 Å². The summed E-state index contributed by atoms with van der Waals surface area (Å²) in [5, 5.41) is 3.74. The van der Waals surface area contributed by atoms with Crippen LogP contribution in [-0.4, -0.2) is 47.8 Å². The van der Waals surface area contributed by atoms with Crippen molar-refractivity contribution in [3.8, 4) is 0 Å². The summed E-state index contributed by atoms with van der Waals surface area (Å²) in [6.45, 7) is 4.93. The Hall–Kier alpha value is -2.37. The number of halogens is 1. The fraction of sp³-hybridized carbons (Fsp3) is 0.440. The number of nitrogens with zero attached hydrogens (tertiary/aromatic N) is 2. The van der Waals surface area contributed by atoms with Crippen LogP contribution in [0, 0.1) is 5.92 Å². The molecule has 0 saturated carbocycles. The Bertz CT molecular complexity index is 909. The molecule has 0 bridgehead atoms. The van der Waals surface area contributed by atoms with Crippen molar-refractivity contribution in [2.45, 2.75) is 38.8 Å². The summed E-state index contributed by atoms with van der Waals surface area (Å²) in [4.78, 5) is 30.0. The van der Waals surface area contributed by atoms with E-state index in [1.54, 1.807) is 29.2 Å². The van der Waals surface area contributed by atoms with Crippen molar-refractivity contribution in [2.24, 2.45) is 5.92 Å². The number of hydrogen-bond acceptors (Lipinski definition) is 3. The smallest absolute Gasteiger partial charge is 0.253 e. The van der Waals surface area contributed by atoms with Crippen molar-refractivity contribution in [1.29, 1.82) is 0 Å². The molecule has 2 saturated heterocycles. The number of nitrogens with one attached hydrogen (secondary N) is 1. The molecule has 1 N–H and O–H groups in total. The lowest BCUT2D eigenvalue weighted by Gasteiger charge is -2.32. The van der Waals surface area contributed by atoms with Crippen LogP contribution in [0.15, 0.2) is 48.5 Å². The Morgan fingerprint density at radius 3 is 2.39 bits per heavy atom. The molecular formula is C25H30ClN3O2. The van der Waals surface area contributed by atoms with Gasteiger partial charge in [0.15, 0.2) is 0 Å². The molecule has 4 rings (SSSR count). The van der Waals surface area contributed by atoms with Crippen LogP contribution < -0.4 is 5.32 Å². The van der Waals surface area contributed by atoms with E-state index in [1.165, 1.54) is 24.0 Å². The second-order valence-corrected chi connectivity index (χ2v) is 9.00. The highest BCUT2D eigenvalue weighted by molar-refractivity contribution is 6.30. The lowest BCUT2D eigenvalue weighted by Crippen LogP contribution is -2.45. The van der Waals surface area contributed by atoms with Crippen molar-refractivity contribution in [2.75, 3.05) is 26.2 Å². The summed E-state index contributed by atoms with van der Waals surface area (Å²) in [6, 6.07) is 15.3. The van der Waals surface area contributed by atoms with Crippen LogP contribution in [-0.2, 0) is 17.9 Å². The van der Waals surface area contributed by atoms with E-state index in [0.717, 1.165) is 32.5 Å². The van der Waals surface area contributed by atoms with Gasteiger partial charge in [-0.3, -0.25) is 14.5 Å². The summed E-state index contributed by atoms with van der Waals surface area (Å²) in [5.74, 6) is -0.176. The van der Waals surface area contributed by atoms with E-state index < -0.39 is 0 Å². The van der Waals surface area contributed by atoms with E-state index in [0.29, 0.717) is 30.2 Å². The second-order valence-electron chi connectivity index (χ2n) is 8.57. The minimum atomic E-state index is -0.171. The average Bonchev–Trinajstić information content (AvgIpc) is 3.31. The zero-order valence-corrected chi connectivity index (χ0v) is 18.6. The first kappa shape index (κ1) is 21.8. The first-order valence-corrected chi connectivity index (χ1v) is 11.6. The summed E-state index contributed by atoms with van der Waals surface area (Å²) in [5.41, 5.74) is 3.07. The molecule has 2 aromatic rings. The van der Waals surface area contributed by atoms with Crippen molar-refractivity contribution in [3.63, 3.8) is 0 Å². The maximum atomic E-state index is 12.9. The van der Waals surface area contributed by atoms with Crippen LogP contribution in [0.4, 0.5) is 0 Å². The minimum absolute atomic E-state index is 0.0320. The van der Waals surface area contributed by atoms with Crippen LogP contribution in [0.25, 0.3) is 0 Å². The number of piperidine rings is 1. The third-order valence-electron chi connectivity index (χ3n) is 6.33. The second kappa shape index (κ2) is 10.3. The molecule has 1 unspecified atom stereocenters. The van der Waals surface area contributed by atoms with Gasteiger partial charge in [0.2, 0.25) is 5.91 Å². The highest BCUT2D eigenvalue weighted by Crippen LogP contribution is 2.21. The number of benzene rings is 2. The Balaban J connectivity index is 1.33. The first-order valence-electron chi connectivity index (χ1n) is 11.2. The van der Waals surface area contributed by atoms with Gasteiger partial charge in [0.05, 0.1) is 5.92 Å². The number of rotatable bonds is 6. The van der Waals surface area contributed by atoms with Gasteiger partial charge in [-0.2, -0.15) is 0 Å². The van der Waals surface area contributed by atoms with Crippen LogP contribution in [0.5, 0.6) is 0 Å². The molecule has 0 aliphatic carbocycles. The Morgan fingerprint density at radius 1 is 0.935 bits per heavy atom. The monoisotopic (exact) mass is 439 g/mol. The first-order chi connectivity index (χ1) is 15.1. The Morgan fingerprint density at radius 2 is 1.65 bits per heavy atom. The van der Waals surface area contributed by atoms with E-state index in [-0.39, 0.29) is 17.7 Å². The normalized spacial score (nSPS) is 19.4. The number of carbonyl (C=O) groups excluding carboxylic acids is 2. The third kappa shape index (κ3) is 5.66. The molecule has 2 aromatic carbocycles. The lowest BCUT2D eigenvalue weighted by molar-refractivity contribution is -0.126. The molecular weight excluding hydrogens is 410 g/mol. The maximum absolute atomic E-state index is 12.9. The summed E-state index contributed by atoms with van der Waals surface area (Å²) in [6.07, 6.45) is 4.19. The van der Waals surface area contributed by atoms with Crippen molar-refractivity contribution in [1.82, 2.24) is 15.1 Å². The highest BCUT2D eigenvalue weighted by Gasteiger charge is 2.29. The quantitative estimate of drug-likeness (QED) is 0.737. The van der Waals surface area contributed by atoms with Gasteiger partial charge in [-0.15, -0.1) is 0 Å². The third-order valence-corrected chi connectivity index (χ3v) is 6.59. The van der Waals surface area contributed by atoms with Gasteiger partial charge >= 0.3 is 0 Å². The molecule has 164 valence electrons. The predicted molar refractivity (Wildman–Crippen MR) is 123 cm³/mol. The molecule has 2 aliphatic heterocycles. The molecule has 31 heavy (non-hydrogen) atoms. The minimum Gasteiger partial charge on any atom is -0.352 e. The van der Waals surface area contributed by atoms with Gasteiger partial charge in [0.25, 0.3) is 5.91 Å². The lowest BCUT2D eigenvalue weighted by atomic mass is 9.96. The molecule has 1 atom stereocenters. The largest absolute Gasteiger partial charge is 0.352 e. The standard InChI is InChI=1S/C25H30ClN3O2/c26-23-11-9-19(10-12-23)25(31)29-15-5-8-22(18-29)24(30)27-16-20-6-1-2-7-21(20)17-28-13-3-4-14-28/h1-2,6-7,9-12,22H,3-5,8,13-18H2,(H,27,30). The van der Waals surface area contributed by atoms with E-state index in [1.807, 2.05) is 6.07 Å². The maximum Gasteiger partial charge on any atom is 0.253 e. The number of likely N-dealkylation sites (tertiary alicyclic amines) is 2. The van der Waals surface area contributed by atoms with E-state index in [4.69, 9.17) is 11.6 Å². The molecule has 0 aromatic heterocycles.